The van der Waals surface area contributed by atoms with Gasteiger partial charge >= 0.3 is 0 Å². The van der Waals surface area contributed by atoms with Crippen LogP contribution in [-0.4, -0.2) is 13.6 Å². The maximum Gasteiger partial charge on any atom is 0.124 e. The van der Waals surface area contributed by atoms with Crippen LogP contribution in [-0.2, 0) is 12.0 Å². The van der Waals surface area contributed by atoms with E-state index in [1.807, 2.05) is 43.4 Å². The van der Waals surface area contributed by atoms with Crippen molar-refractivity contribution in [3.8, 4) is 11.8 Å². The summed E-state index contributed by atoms with van der Waals surface area (Å²) < 4.78 is 5.97. The Morgan fingerprint density at radius 2 is 1.83 bits per heavy atom. The first-order valence-corrected chi connectivity index (χ1v) is 7.68. The summed E-state index contributed by atoms with van der Waals surface area (Å²) in [7, 11) is 1.94. The Morgan fingerprint density at radius 1 is 1.13 bits per heavy atom. The highest BCUT2D eigenvalue weighted by Gasteiger charge is 2.39. The lowest BCUT2D eigenvalue weighted by atomic mass is 9.71. The molecule has 23 heavy (non-hydrogen) atoms. The second-order valence-electron chi connectivity index (χ2n) is 5.67. The van der Waals surface area contributed by atoms with Crippen LogP contribution < -0.4 is 10.1 Å². The fourth-order valence-electron chi connectivity index (χ4n) is 3.28. The number of fused-ring (bicyclic) bond motifs is 2. The third-order valence-electron chi connectivity index (χ3n) is 4.38. The third kappa shape index (κ3) is 3.06. The maximum atomic E-state index is 10.1. The van der Waals surface area contributed by atoms with Crippen LogP contribution in [0.15, 0.2) is 48.5 Å². The summed E-state index contributed by atoms with van der Waals surface area (Å²) in [5.74, 6) is 0.824. The second-order valence-corrected chi connectivity index (χ2v) is 5.67. The molecule has 0 spiro atoms. The average molecular weight is 329 g/mol. The zero-order valence-electron chi connectivity index (χ0n) is 13.2. The first kappa shape index (κ1) is 17.3. The molecular weight excluding hydrogens is 308 g/mol. The van der Waals surface area contributed by atoms with Crippen LogP contribution in [0.1, 0.15) is 29.5 Å². The second kappa shape index (κ2) is 7.50. The monoisotopic (exact) mass is 328 g/mol. The van der Waals surface area contributed by atoms with Gasteiger partial charge < -0.3 is 10.1 Å². The maximum absolute atomic E-state index is 10.1. The molecule has 1 heterocycles. The first-order valence-electron chi connectivity index (χ1n) is 7.68. The number of hydrogen-bond donors (Lipinski definition) is 1. The van der Waals surface area contributed by atoms with Gasteiger partial charge in [0.15, 0.2) is 0 Å². The Labute approximate surface area is 143 Å². The van der Waals surface area contributed by atoms with Crippen molar-refractivity contribution < 1.29 is 4.74 Å². The van der Waals surface area contributed by atoms with E-state index in [-0.39, 0.29) is 12.4 Å². The van der Waals surface area contributed by atoms with Crippen LogP contribution in [0.2, 0.25) is 0 Å². The molecule has 120 valence electrons. The molecule has 3 nitrogen and oxygen atoms in total. The lowest BCUT2D eigenvalue weighted by molar-refractivity contribution is 0.306. The van der Waals surface area contributed by atoms with Crippen LogP contribution in [0.3, 0.4) is 0 Å². The zero-order chi connectivity index (χ0) is 15.4. The van der Waals surface area contributed by atoms with Gasteiger partial charge in [-0.1, -0.05) is 42.5 Å². The van der Waals surface area contributed by atoms with Gasteiger partial charge in [-0.05, 0) is 43.6 Å². The fraction of sp³-hybridized carbons (Fsp3) is 0.316. The molecule has 1 N–H and O–H groups in total. The Kier molecular flexibility index (Phi) is 5.65. The van der Waals surface area contributed by atoms with Crippen molar-refractivity contribution in [3.05, 3.63) is 65.2 Å². The predicted octanol–water partition coefficient (Wildman–Crippen LogP) is 3.81. The zero-order valence-corrected chi connectivity index (χ0v) is 14.0. The lowest BCUT2D eigenvalue weighted by Crippen LogP contribution is -2.27. The summed E-state index contributed by atoms with van der Waals surface area (Å²) in [5.41, 5.74) is 2.53. The van der Waals surface area contributed by atoms with Crippen molar-refractivity contribution in [3.63, 3.8) is 0 Å². The van der Waals surface area contributed by atoms with E-state index in [2.05, 4.69) is 23.5 Å². The lowest BCUT2D eigenvalue weighted by Gasteiger charge is -2.28. The van der Waals surface area contributed by atoms with Gasteiger partial charge in [-0.25, -0.2) is 0 Å². The number of nitriles is 1. The van der Waals surface area contributed by atoms with E-state index in [9.17, 15) is 5.26 Å². The highest BCUT2D eigenvalue weighted by atomic mass is 35.5. The van der Waals surface area contributed by atoms with Crippen LogP contribution in [0, 0.1) is 11.3 Å². The van der Waals surface area contributed by atoms with Gasteiger partial charge in [0.2, 0.25) is 0 Å². The van der Waals surface area contributed by atoms with Crippen LogP contribution >= 0.6 is 12.4 Å². The molecule has 0 amide bonds. The molecule has 0 saturated heterocycles. The molecular formula is C19H21ClN2O. The number of nitrogens with zero attached hydrogens (tertiary/aromatic N) is 1. The minimum atomic E-state index is -0.638. The molecule has 0 radical (unpaired) electrons. The molecule has 0 bridgehead atoms. The normalized spacial score (nSPS) is 18.4. The molecule has 1 atom stereocenters. The van der Waals surface area contributed by atoms with Gasteiger partial charge in [0, 0.05) is 5.56 Å². The minimum Gasteiger partial charge on any atom is -0.489 e. The quantitative estimate of drug-likeness (QED) is 0.868. The summed E-state index contributed by atoms with van der Waals surface area (Å²) in [6.07, 6.45) is 1.72. The van der Waals surface area contributed by atoms with Gasteiger partial charge in [-0.15, -0.1) is 12.4 Å². The van der Waals surface area contributed by atoms with Crippen molar-refractivity contribution in [1.29, 1.82) is 5.26 Å². The van der Waals surface area contributed by atoms with Crippen molar-refractivity contribution in [1.82, 2.24) is 5.32 Å². The molecule has 0 saturated carbocycles. The molecule has 4 heteroatoms. The SMILES string of the molecule is CNCCCC1(C#N)c2ccccc2COc2ccccc21.Cl. The molecule has 3 rings (SSSR count). The Balaban J connectivity index is 0.00000192. The molecule has 1 unspecified atom stereocenters. The largest absolute Gasteiger partial charge is 0.489 e. The van der Waals surface area contributed by atoms with Crippen LogP contribution in [0.25, 0.3) is 0 Å². The summed E-state index contributed by atoms with van der Waals surface area (Å²) in [4.78, 5) is 0. The van der Waals surface area contributed by atoms with Gasteiger partial charge in [0.25, 0.3) is 0 Å². The van der Waals surface area contributed by atoms with Gasteiger partial charge in [-0.3, -0.25) is 0 Å². The number of benzene rings is 2. The van der Waals surface area contributed by atoms with E-state index in [0.29, 0.717) is 6.61 Å². The Morgan fingerprint density at radius 3 is 2.57 bits per heavy atom. The summed E-state index contributed by atoms with van der Waals surface area (Å²) >= 11 is 0. The van der Waals surface area contributed by atoms with E-state index in [1.54, 1.807) is 0 Å². The fourth-order valence-corrected chi connectivity index (χ4v) is 3.28. The molecule has 0 aliphatic carbocycles. The molecule has 1 aliphatic heterocycles. The van der Waals surface area contributed by atoms with E-state index in [4.69, 9.17) is 4.74 Å². The smallest absolute Gasteiger partial charge is 0.124 e. The third-order valence-corrected chi connectivity index (χ3v) is 4.38. The Bertz CT molecular complexity index is 661. The molecule has 1 aliphatic rings. The molecule has 0 aromatic heterocycles. The number of nitrogens with one attached hydrogen (secondary N) is 1. The highest BCUT2D eigenvalue weighted by Crippen LogP contribution is 2.44. The van der Waals surface area contributed by atoms with E-state index in [0.717, 1.165) is 41.8 Å². The molecule has 0 fully saturated rings. The van der Waals surface area contributed by atoms with Gasteiger partial charge in [0.05, 0.1) is 6.07 Å². The summed E-state index contributed by atoms with van der Waals surface area (Å²) in [6, 6.07) is 18.7. The summed E-state index contributed by atoms with van der Waals surface area (Å²) in [6.45, 7) is 1.41. The van der Waals surface area contributed by atoms with Crippen molar-refractivity contribution >= 4 is 12.4 Å². The van der Waals surface area contributed by atoms with Crippen molar-refractivity contribution in [2.75, 3.05) is 13.6 Å². The summed E-state index contributed by atoms with van der Waals surface area (Å²) in [5, 5.41) is 13.3. The number of rotatable bonds is 4. The Hall–Kier alpha value is -2.02. The number of hydrogen-bond acceptors (Lipinski definition) is 3. The van der Waals surface area contributed by atoms with E-state index >= 15 is 0 Å². The van der Waals surface area contributed by atoms with Crippen molar-refractivity contribution in [2.24, 2.45) is 0 Å². The number of para-hydroxylation sites is 1. The van der Waals surface area contributed by atoms with E-state index < -0.39 is 5.41 Å². The van der Waals surface area contributed by atoms with Crippen LogP contribution in [0.4, 0.5) is 0 Å². The molecule has 2 aromatic rings. The van der Waals surface area contributed by atoms with Crippen LogP contribution in [0.5, 0.6) is 5.75 Å². The minimum absolute atomic E-state index is 0. The first-order chi connectivity index (χ1) is 10.8. The number of ether oxygens (including phenoxy) is 1. The predicted molar refractivity (Wildman–Crippen MR) is 94.0 cm³/mol. The van der Waals surface area contributed by atoms with Gasteiger partial charge in [-0.2, -0.15) is 5.26 Å². The van der Waals surface area contributed by atoms with Crippen molar-refractivity contribution in [2.45, 2.75) is 24.9 Å². The average Bonchev–Trinajstić information content (AvgIpc) is 2.71. The standard InChI is InChI=1S/C19H20N2O.ClH/c1-21-12-6-11-19(14-20)16-8-3-2-7-15(16)13-22-18-10-5-4-9-17(18)19;/h2-5,7-10,21H,6,11-13H2,1H3;1H. The topological polar surface area (TPSA) is 45.0 Å². The highest BCUT2D eigenvalue weighted by molar-refractivity contribution is 5.85. The van der Waals surface area contributed by atoms with E-state index in [1.165, 1.54) is 0 Å². The van der Waals surface area contributed by atoms with Gasteiger partial charge in [0.1, 0.15) is 17.8 Å². The number of halogens is 1. The molecule has 2 aromatic carbocycles.